The van der Waals surface area contributed by atoms with E-state index in [1.807, 2.05) is 19.9 Å². The van der Waals surface area contributed by atoms with Gasteiger partial charge in [0.25, 0.3) is 0 Å². The van der Waals surface area contributed by atoms with Gasteiger partial charge in [0.1, 0.15) is 16.5 Å². The first-order valence-electron chi connectivity index (χ1n) is 9.40. The first kappa shape index (κ1) is 17.3. The zero-order valence-corrected chi connectivity index (χ0v) is 16.7. The van der Waals surface area contributed by atoms with Crippen LogP contribution in [0.3, 0.4) is 0 Å². The molecule has 1 aliphatic heterocycles. The molecule has 7 heteroatoms. The average Bonchev–Trinajstić information content (AvgIpc) is 3.42. The second-order valence-electron chi connectivity index (χ2n) is 7.20. The molecule has 0 amide bonds. The summed E-state index contributed by atoms with van der Waals surface area (Å²) in [4.78, 5) is 7.28. The summed E-state index contributed by atoms with van der Waals surface area (Å²) in [7, 11) is 0. The highest BCUT2D eigenvalue weighted by atomic mass is 32.1. The molecule has 0 fully saturated rings. The number of fused-ring (bicyclic) bond motifs is 1. The molecule has 3 aromatic heterocycles. The molecule has 5 rings (SSSR count). The fourth-order valence-electron chi connectivity index (χ4n) is 3.84. The normalized spacial score (nSPS) is 14.4. The first-order valence-corrected chi connectivity index (χ1v) is 10.3. The lowest BCUT2D eigenvalue weighted by molar-refractivity contribution is 0.242. The maximum absolute atomic E-state index is 5.35. The molecule has 1 aromatic carbocycles. The van der Waals surface area contributed by atoms with Gasteiger partial charge in [-0.2, -0.15) is 5.10 Å². The molecule has 1 N–H and O–H groups in total. The molecular formula is C21H21N5OS. The van der Waals surface area contributed by atoms with E-state index in [4.69, 9.17) is 9.51 Å². The van der Waals surface area contributed by atoms with Gasteiger partial charge in [-0.15, -0.1) is 11.3 Å². The number of nitrogens with one attached hydrogen (secondary N) is 1. The van der Waals surface area contributed by atoms with Crippen LogP contribution in [0, 0.1) is 13.8 Å². The Bertz CT molecular complexity index is 1090. The summed E-state index contributed by atoms with van der Waals surface area (Å²) < 4.78 is 5.35. The predicted molar refractivity (Wildman–Crippen MR) is 109 cm³/mol. The maximum atomic E-state index is 5.35. The first-order chi connectivity index (χ1) is 13.7. The Morgan fingerprint density at radius 3 is 2.86 bits per heavy atom. The fourth-order valence-corrected chi connectivity index (χ4v) is 4.65. The van der Waals surface area contributed by atoms with E-state index in [1.165, 1.54) is 16.8 Å². The Balaban J connectivity index is 1.37. The molecule has 1 aliphatic rings. The van der Waals surface area contributed by atoms with Gasteiger partial charge in [-0.25, -0.2) is 4.98 Å². The lowest BCUT2D eigenvalue weighted by Gasteiger charge is -2.26. The standard InChI is InChI=1S/C21H21N5OS/c1-13-19(14(2)27-25-13)20-17-11-26(9-8-18(17)23-24-20)10-16-12-28-21(22-16)15-6-4-3-5-7-15/h3-7,12H,8-11H2,1-2H3,(H,23,24). The third-order valence-electron chi connectivity index (χ3n) is 5.24. The van der Waals surface area contributed by atoms with E-state index in [9.17, 15) is 0 Å². The van der Waals surface area contributed by atoms with E-state index in [-0.39, 0.29) is 0 Å². The number of benzene rings is 1. The van der Waals surface area contributed by atoms with Crippen molar-refractivity contribution in [3.05, 3.63) is 64.1 Å². The van der Waals surface area contributed by atoms with Gasteiger partial charge in [0.05, 0.1) is 17.0 Å². The van der Waals surface area contributed by atoms with E-state index in [0.717, 1.165) is 59.5 Å². The van der Waals surface area contributed by atoms with Gasteiger partial charge in [0.15, 0.2) is 0 Å². The molecule has 6 nitrogen and oxygen atoms in total. The van der Waals surface area contributed by atoms with Crippen LogP contribution in [0.2, 0.25) is 0 Å². The van der Waals surface area contributed by atoms with E-state index < -0.39 is 0 Å². The summed E-state index contributed by atoms with van der Waals surface area (Å²) in [5.41, 5.74) is 7.63. The Kier molecular flexibility index (Phi) is 4.33. The summed E-state index contributed by atoms with van der Waals surface area (Å²) in [6.45, 7) is 6.60. The molecule has 4 heterocycles. The van der Waals surface area contributed by atoms with Gasteiger partial charge in [-0.05, 0) is 13.8 Å². The van der Waals surface area contributed by atoms with Gasteiger partial charge >= 0.3 is 0 Å². The van der Waals surface area contributed by atoms with Gasteiger partial charge in [-0.1, -0.05) is 35.5 Å². The maximum Gasteiger partial charge on any atom is 0.143 e. The Morgan fingerprint density at radius 2 is 2.07 bits per heavy atom. The highest BCUT2D eigenvalue weighted by molar-refractivity contribution is 7.13. The van der Waals surface area contributed by atoms with Crippen molar-refractivity contribution >= 4 is 11.3 Å². The van der Waals surface area contributed by atoms with Crippen LogP contribution in [0.5, 0.6) is 0 Å². The summed E-state index contributed by atoms with van der Waals surface area (Å²) in [5, 5.41) is 15.1. The molecular weight excluding hydrogens is 370 g/mol. The van der Waals surface area contributed by atoms with Crippen molar-refractivity contribution in [2.75, 3.05) is 6.54 Å². The number of thiazole rings is 1. The molecule has 0 radical (unpaired) electrons. The number of H-pyrrole nitrogens is 1. The van der Waals surface area contributed by atoms with Crippen molar-refractivity contribution in [1.82, 2.24) is 25.2 Å². The minimum atomic E-state index is 0.816. The number of hydrogen-bond acceptors (Lipinski definition) is 6. The highest BCUT2D eigenvalue weighted by Crippen LogP contribution is 2.33. The van der Waals surface area contributed by atoms with Crippen molar-refractivity contribution in [3.63, 3.8) is 0 Å². The van der Waals surface area contributed by atoms with Crippen molar-refractivity contribution < 1.29 is 4.52 Å². The van der Waals surface area contributed by atoms with Crippen molar-refractivity contribution in [3.8, 4) is 21.8 Å². The number of nitrogens with zero attached hydrogens (tertiary/aromatic N) is 4. The smallest absolute Gasteiger partial charge is 0.143 e. The van der Waals surface area contributed by atoms with E-state index in [1.54, 1.807) is 11.3 Å². The van der Waals surface area contributed by atoms with Crippen LogP contribution in [-0.2, 0) is 19.5 Å². The van der Waals surface area contributed by atoms with Gasteiger partial charge in [0.2, 0.25) is 0 Å². The third kappa shape index (κ3) is 3.06. The van der Waals surface area contributed by atoms with E-state index >= 15 is 0 Å². The SMILES string of the molecule is Cc1noc(C)c1-c1n[nH]c2c1CN(Cc1csc(-c3ccccc3)n1)CC2. The number of rotatable bonds is 4. The van der Waals surface area contributed by atoms with Crippen LogP contribution in [0.25, 0.3) is 21.8 Å². The minimum absolute atomic E-state index is 0.816. The van der Waals surface area contributed by atoms with Crippen LogP contribution in [0.4, 0.5) is 0 Å². The fraction of sp³-hybridized carbons (Fsp3) is 0.286. The van der Waals surface area contributed by atoms with Crippen LogP contribution in [0.1, 0.15) is 28.4 Å². The Hall–Kier alpha value is -2.77. The summed E-state index contributed by atoms with van der Waals surface area (Å²) >= 11 is 1.71. The minimum Gasteiger partial charge on any atom is -0.361 e. The number of aryl methyl sites for hydroxylation is 2. The summed E-state index contributed by atoms with van der Waals surface area (Å²) in [6, 6.07) is 10.4. The van der Waals surface area contributed by atoms with E-state index in [2.05, 4.69) is 49.9 Å². The molecule has 0 saturated carbocycles. The molecule has 142 valence electrons. The second-order valence-corrected chi connectivity index (χ2v) is 8.06. The number of hydrogen-bond donors (Lipinski definition) is 1. The zero-order chi connectivity index (χ0) is 19.1. The number of aromatic amines is 1. The van der Waals surface area contributed by atoms with Crippen LogP contribution in [0.15, 0.2) is 40.2 Å². The van der Waals surface area contributed by atoms with Gasteiger partial charge < -0.3 is 4.52 Å². The largest absolute Gasteiger partial charge is 0.361 e. The molecule has 0 spiro atoms. The van der Waals surface area contributed by atoms with Crippen molar-refractivity contribution in [2.24, 2.45) is 0 Å². The number of aromatic nitrogens is 4. The third-order valence-corrected chi connectivity index (χ3v) is 6.18. The molecule has 0 saturated heterocycles. The average molecular weight is 392 g/mol. The molecule has 0 bridgehead atoms. The predicted octanol–water partition coefficient (Wildman–Crippen LogP) is 4.36. The molecule has 0 atom stereocenters. The highest BCUT2D eigenvalue weighted by Gasteiger charge is 2.26. The van der Waals surface area contributed by atoms with Crippen LogP contribution >= 0.6 is 11.3 Å². The topological polar surface area (TPSA) is 70.8 Å². The lowest BCUT2D eigenvalue weighted by Crippen LogP contribution is -2.30. The monoisotopic (exact) mass is 391 g/mol. The van der Waals surface area contributed by atoms with Gasteiger partial charge in [-0.3, -0.25) is 10.00 Å². The zero-order valence-electron chi connectivity index (χ0n) is 15.9. The van der Waals surface area contributed by atoms with Crippen molar-refractivity contribution in [1.29, 1.82) is 0 Å². The lowest BCUT2D eigenvalue weighted by atomic mass is 10.00. The quantitative estimate of drug-likeness (QED) is 0.560. The Labute approximate surface area is 167 Å². The van der Waals surface area contributed by atoms with Crippen molar-refractivity contribution in [2.45, 2.75) is 33.4 Å². The van der Waals surface area contributed by atoms with E-state index in [0.29, 0.717) is 0 Å². The van der Waals surface area contributed by atoms with Gasteiger partial charge in [0, 0.05) is 48.3 Å². The summed E-state index contributed by atoms with van der Waals surface area (Å²) in [5.74, 6) is 0.816. The second kappa shape index (κ2) is 7.00. The molecule has 28 heavy (non-hydrogen) atoms. The summed E-state index contributed by atoms with van der Waals surface area (Å²) in [6.07, 6.45) is 0.960. The Morgan fingerprint density at radius 1 is 1.21 bits per heavy atom. The molecule has 0 aliphatic carbocycles. The molecule has 0 unspecified atom stereocenters. The van der Waals surface area contributed by atoms with Crippen LogP contribution in [-0.4, -0.2) is 31.8 Å². The molecule has 4 aromatic rings. The van der Waals surface area contributed by atoms with Crippen LogP contribution < -0.4 is 0 Å².